The molecular weight excluding hydrogens is 214 g/mol. The second kappa shape index (κ2) is 5.30. The Hall–Kier alpha value is -1.38. The first-order chi connectivity index (χ1) is 8.26. The molecule has 0 aromatic heterocycles. The number of allylic oxidation sites excluding steroid dienone is 3. The fraction of sp³-hybridized carbons (Fsp3) is 0.500. The molecule has 1 aliphatic heterocycles. The first kappa shape index (κ1) is 12.1. The summed E-state index contributed by atoms with van der Waals surface area (Å²) in [4.78, 5) is 15.9. The molecule has 1 atom stereocenters. The van der Waals surface area contributed by atoms with Crippen LogP contribution in [0.1, 0.15) is 38.5 Å². The van der Waals surface area contributed by atoms with E-state index in [1.807, 2.05) is 6.08 Å². The zero-order valence-electron chi connectivity index (χ0n) is 9.93. The number of rotatable bonds is 2. The molecule has 2 aliphatic rings. The van der Waals surface area contributed by atoms with E-state index in [2.05, 4.69) is 4.99 Å². The first-order valence-corrected chi connectivity index (χ1v) is 6.24. The number of hydrogen-bond donors (Lipinski definition) is 1. The summed E-state index contributed by atoms with van der Waals surface area (Å²) < 4.78 is 0. The van der Waals surface area contributed by atoms with Crippen LogP contribution in [0.25, 0.3) is 0 Å². The number of carboxylic acid groups (broad SMARTS) is 1. The fourth-order valence-corrected chi connectivity index (χ4v) is 2.54. The predicted molar refractivity (Wildman–Crippen MR) is 68.1 cm³/mol. The maximum atomic E-state index is 11.6. The lowest BCUT2D eigenvalue weighted by molar-refractivity contribution is -0.140. The van der Waals surface area contributed by atoms with Crippen molar-refractivity contribution in [3.05, 3.63) is 30.2 Å². The van der Waals surface area contributed by atoms with Crippen molar-refractivity contribution >= 4 is 12.2 Å². The summed E-state index contributed by atoms with van der Waals surface area (Å²) in [5.41, 5.74) is -1.12. The Kier molecular flexibility index (Phi) is 3.77. The van der Waals surface area contributed by atoms with Crippen molar-refractivity contribution in [1.82, 2.24) is 0 Å². The third-order valence-electron chi connectivity index (χ3n) is 3.50. The average molecular weight is 232 g/mol. The standard InChI is InChI=1S/C14H18NO2/c16-13(17)14(10-6-3-7-11-15-14)12-8-4-1-2-5-9-12/h3,6-7,10-11H,1-2,4-5,8-9H2,(H,16,17). The third kappa shape index (κ3) is 2.48. The molecule has 0 bridgehead atoms. The Morgan fingerprint density at radius 2 is 1.82 bits per heavy atom. The van der Waals surface area contributed by atoms with Crippen molar-refractivity contribution in [1.29, 1.82) is 0 Å². The molecule has 1 N–H and O–H groups in total. The van der Waals surface area contributed by atoms with Gasteiger partial charge in [-0.15, -0.1) is 0 Å². The second-order valence-corrected chi connectivity index (χ2v) is 4.61. The molecular formula is C14H18NO2. The van der Waals surface area contributed by atoms with Crippen molar-refractivity contribution in [2.45, 2.75) is 44.1 Å². The molecule has 1 saturated carbocycles. The molecule has 2 rings (SSSR count). The largest absolute Gasteiger partial charge is 0.479 e. The van der Waals surface area contributed by atoms with E-state index >= 15 is 0 Å². The van der Waals surface area contributed by atoms with Crippen LogP contribution >= 0.6 is 0 Å². The van der Waals surface area contributed by atoms with E-state index in [1.165, 1.54) is 12.8 Å². The van der Waals surface area contributed by atoms with E-state index in [9.17, 15) is 9.90 Å². The number of carboxylic acids is 1. The number of nitrogens with zero attached hydrogens (tertiary/aromatic N) is 1. The topological polar surface area (TPSA) is 49.7 Å². The number of aliphatic carboxylic acids is 1. The number of hydrogen-bond acceptors (Lipinski definition) is 2. The van der Waals surface area contributed by atoms with Crippen LogP contribution in [0.5, 0.6) is 0 Å². The van der Waals surface area contributed by atoms with E-state index < -0.39 is 11.5 Å². The molecule has 17 heavy (non-hydrogen) atoms. The van der Waals surface area contributed by atoms with E-state index in [0.29, 0.717) is 0 Å². The summed E-state index contributed by atoms with van der Waals surface area (Å²) in [5, 5.41) is 9.54. The van der Waals surface area contributed by atoms with E-state index in [4.69, 9.17) is 0 Å². The second-order valence-electron chi connectivity index (χ2n) is 4.61. The van der Waals surface area contributed by atoms with Crippen LogP contribution in [0, 0.1) is 5.92 Å². The molecule has 0 spiro atoms. The highest BCUT2D eigenvalue weighted by molar-refractivity contribution is 5.89. The summed E-state index contributed by atoms with van der Waals surface area (Å²) in [5.74, 6) is 0.198. The van der Waals surface area contributed by atoms with Crippen LogP contribution in [0.4, 0.5) is 0 Å². The minimum absolute atomic E-state index is 0.856. The van der Waals surface area contributed by atoms with Gasteiger partial charge in [-0.1, -0.05) is 37.8 Å². The number of carbonyl (C=O) groups is 1. The van der Waals surface area contributed by atoms with Crippen molar-refractivity contribution in [2.24, 2.45) is 4.99 Å². The van der Waals surface area contributed by atoms with Gasteiger partial charge >= 0.3 is 5.97 Å². The minimum atomic E-state index is -1.12. The van der Waals surface area contributed by atoms with Crippen LogP contribution < -0.4 is 0 Å². The highest BCUT2D eigenvalue weighted by Crippen LogP contribution is 2.38. The van der Waals surface area contributed by atoms with Crippen LogP contribution in [0.3, 0.4) is 0 Å². The Morgan fingerprint density at radius 1 is 1.12 bits per heavy atom. The van der Waals surface area contributed by atoms with Gasteiger partial charge in [0, 0.05) is 12.1 Å². The molecule has 1 unspecified atom stereocenters. The lowest BCUT2D eigenvalue weighted by Gasteiger charge is -2.29. The smallest absolute Gasteiger partial charge is 0.336 e. The maximum absolute atomic E-state index is 11.6. The number of aliphatic imine (C=N–C) groups is 1. The van der Waals surface area contributed by atoms with Crippen LogP contribution in [0.2, 0.25) is 0 Å². The molecule has 1 heterocycles. The maximum Gasteiger partial charge on any atom is 0.336 e. The molecule has 1 fully saturated rings. The summed E-state index contributed by atoms with van der Waals surface area (Å²) in [6.07, 6.45) is 15.0. The van der Waals surface area contributed by atoms with Crippen molar-refractivity contribution in [3.63, 3.8) is 0 Å². The van der Waals surface area contributed by atoms with Crippen molar-refractivity contribution in [3.8, 4) is 0 Å². The van der Waals surface area contributed by atoms with E-state index in [1.54, 1.807) is 24.4 Å². The monoisotopic (exact) mass is 232 g/mol. The van der Waals surface area contributed by atoms with Crippen molar-refractivity contribution in [2.75, 3.05) is 0 Å². The molecule has 3 heteroatoms. The third-order valence-corrected chi connectivity index (χ3v) is 3.50. The van der Waals surface area contributed by atoms with Gasteiger partial charge < -0.3 is 5.11 Å². The van der Waals surface area contributed by atoms with Gasteiger partial charge in [-0.3, -0.25) is 4.99 Å². The highest BCUT2D eigenvalue weighted by atomic mass is 16.4. The van der Waals surface area contributed by atoms with Crippen LogP contribution in [0.15, 0.2) is 29.3 Å². The lowest BCUT2D eigenvalue weighted by Crippen LogP contribution is -2.41. The Bertz CT molecular complexity index is 344. The van der Waals surface area contributed by atoms with Gasteiger partial charge in [0.1, 0.15) is 0 Å². The molecule has 1 aliphatic carbocycles. The minimum Gasteiger partial charge on any atom is -0.479 e. The predicted octanol–water partition coefficient (Wildman–Crippen LogP) is 2.94. The van der Waals surface area contributed by atoms with Gasteiger partial charge in [0.05, 0.1) is 0 Å². The molecule has 0 aromatic carbocycles. The SMILES string of the molecule is O=C(O)C1([C]2CCCCCC2)C=CC=CC=N1. The summed E-state index contributed by atoms with van der Waals surface area (Å²) in [6.45, 7) is 0. The fourth-order valence-electron chi connectivity index (χ4n) is 2.54. The average Bonchev–Trinajstić information content (AvgIpc) is 2.72. The Balaban J connectivity index is 2.29. The zero-order valence-corrected chi connectivity index (χ0v) is 9.93. The van der Waals surface area contributed by atoms with Crippen LogP contribution in [-0.2, 0) is 4.79 Å². The summed E-state index contributed by atoms with van der Waals surface area (Å²) in [6, 6.07) is 0. The quantitative estimate of drug-likeness (QED) is 0.744. The van der Waals surface area contributed by atoms with E-state index in [0.717, 1.165) is 31.6 Å². The summed E-state index contributed by atoms with van der Waals surface area (Å²) >= 11 is 0. The molecule has 0 amide bonds. The molecule has 0 saturated heterocycles. The molecule has 1 radical (unpaired) electrons. The Labute approximate surface area is 102 Å². The molecule has 91 valence electrons. The highest BCUT2D eigenvalue weighted by Gasteiger charge is 2.43. The van der Waals surface area contributed by atoms with Gasteiger partial charge in [0.15, 0.2) is 5.54 Å². The zero-order chi connectivity index (χ0) is 12.1. The van der Waals surface area contributed by atoms with Gasteiger partial charge in [0.2, 0.25) is 0 Å². The van der Waals surface area contributed by atoms with Crippen LogP contribution in [-0.4, -0.2) is 22.8 Å². The van der Waals surface area contributed by atoms with Gasteiger partial charge in [-0.25, -0.2) is 4.79 Å². The molecule has 0 aromatic rings. The first-order valence-electron chi connectivity index (χ1n) is 6.24. The van der Waals surface area contributed by atoms with Gasteiger partial charge in [-0.2, -0.15) is 0 Å². The normalized spacial score (nSPS) is 29.9. The van der Waals surface area contributed by atoms with Gasteiger partial charge in [0.25, 0.3) is 0 Å². The van der Waals surface area contributed by atoms with Crippen molar-refractivity contribution < 1.29 is 9.90 Å². The Morgan fingerprint density at radius 3 is 2.47 bits per heavy atom. The lowest BCUT2D eigenvalue weighted by atomic mass is 9.79. The van der Waals surface area contributed by atoms with E-state index in [-0.39, 0.29) is 0 Å². The molecule has 3 nitrogen and oxygen atoms in total. The van der Waals surface area contributed by atoms with Gasteiger partial charge in [-0.05, 0) is 25.0 Å². The summed E-state index contributed by atoms with van der Waals surface area (Å²) in [7, 11) is 0.